The second-order valence-corrected chi connectivity index (χ2v) is 7.38. The Morgan fingerprint density at radius 1 is 1.27 bits per heavy atom. The van der Waals surface area contributed by atoms with E-state index in [2.05, 4.69) is 5.10 Å². The van der Waals surface area contributed by atoms with Crippen molar-refractivity contribution in [3.05, 3.63) is 51.7 Å². The molecule has 3 heterocycles. The van der Waals surface area contributed by atoms with Gasteiger partial charge in [-0.05, 0) is 25.3 Å². The van der Waals surface area contributed by atoms with E-state index < -0.39 is 12.7 Å². The van der Waals surface area contributed by atoms with Gasteiger partial charge in [0, 0.05) is 25.4 Å². The number of aromatic nitrogens is 3. The third-order valence-corrected chi connectivity index (χ3v) is 5.36. The van der Waals surface area contributed by atoms with Crippen LogP contribution >= 0.6 is 0 Å². The molecule has 2 aromatic rings. The zero-order valence-electron chi connectivity index (χ0n) is 14.9. The lowest BCUT2D eigenvalue weighted by atomic mass is 9.97. The van der Waals surface area contributed by atoms with Gasteiger partial charge in [-0.3, -0.25) is 13.8 Å². The molecule has 0 aliphatic carbocycles. The van der Waals surface area contributed by atoms with Gasteiger partial charge in [0.2, 0.25) is 5.91 Å². The summed E-state index contributed by atoms with van der Waals surface area (Å²) in [6.45, 7) is 2.92. The van der Waals surface area contributed by atoms with Crippen molar-refractivity contribution in [1.29, 1.82) is 0 Å². The van der Waals surface area contributed by atoms with E-state index in [0.717, 1.165) is 17.5 Å². The van der Waals surface area contributed by atoms with E-state index in [4.69, 9.17) is 0 Å². The first-order chi connectivity index (χ1) is 12.6. The van der Waals surface area contributed by atoms with Gasteiger partial charge < -0.3 is 4.90 Å². The van der Waals surface area contributed by atoms with Crippen LogP contribution in [0.1, 0.15) is 35.8 Å². The molecule has 0 radical (unpaired) electrons. The maximum absolute atomic E-state index is 12.9. The molecule has 7 heteroatoms. The van der Waals surface area contributed by atoms with E-state index in [1.165, 1.54) is 4.68 Å². The van der Waals surface area contributed by atoms with Gasteiger partial charge in [0.05, 0.1) is 13.2 Å². The van der Waals surface area contributed by atoms with Crippen molar-refractivity contribution in [2.45, 2.75) is 38.8 Å². The monoisotopic (exact) mass is 358 g/mol. The number of likely N-dealkylation sites (tertiary alicyclic amines) is 1. The van der Waals surface area contributed by atoms with E-state index >= 15 is 0 Å². The van der Waals surface area contributed by atoms with Gasteiger partial charge in [-0.25, -0.2) is 9.48 Å². The van der Waals surface area contributed by atoms with Gasteiger partial charge in [-0.1, -0.05) is 29.8 Å². The van der Waals surface area contributed by atoms with Gasteiger partial charge in [0.15, 0.2) is 0 Å². The Kier molecular flexibility index (Phi) is 4.38. The topological polar surface area (TPSA) is 60.1 Å². The molecule has 1 saturated heterocycles. The number of hydrogen-bond donors (Lipinski definition) is 0. The molecule has 1 amide bonds. The van der Waals surface area contributed by atoms with Crippen LogP contribution in [-0.2, 0) is 17.8 Å². The molecule has 1 fully saturated rings. The lowest BCUT2D eigenvalue weighted by Crippen LogP contribution is -2.54. The number of fused-ring (bicyclic) bond motifs is 1. The first-order valence-electron chi connectivity index (χ1n) is 9.15. The Bertz CT molecular complexity index is 865. The van der Waals surface area contributed by atoms with Crippen molar-refractivity contribution >= 4 is 5.91 Å². The summed E-state index contributed by atoms with van der Waals surface area (Å²) in [4.78, 5) is 27.3. The second kappa shape index (κ2) is 6.70. The van der Waals surface area contributed by atoms with Crippen LogP contribution in [0.15, 0.2) is 29.1 Å². The van der Waals surface area contributed by atoms with Crippen molar-refractivity contribution in [3.8, 4) is 0 Å². The van der Waals surface area contributed by atoms with E-state index in [1.807, 2.05) is 31.2 Å². The second-order valence-electron chi connectivity index (χ2n) is 7.38. The van der Waals surface area contributed by atoms with Gasteiger partial charge in [0.25, 0.3) is 0 Å². The Morgan fingerprint density at radius 2 is 2.00 bits per heavy atom. The average molecular weight is 358 g/mol. The summed E-state index contributed by atoms with van der Waals surface area (Å²) in [6, 6.07) is 7.49. The number of rotatable bonds is 4. The van der Waals surface area contributed by atoms with Crippen LogP contribution < -0.4 is 5.69 Å². The van der Waals surface area contributed by atoms with Gasteiger partial charge >= 0.3 is 5.69 Å². The molecule has 2 aliphatic rings. The molecule has 0 unspecified atom stereocenters. The van der Waals surface area contributed by atoms with Crippen molar-refractivity contribution in [2.24, 2.45) is 5.92 Å². The highest BCUT2D eigenvalue weighted by Gasteiger charge is 2.38. The minimum Gasteiger partial charge on any atom is -0.340 e. The molecule has 1 aromatic carbocycles. The third kappa shape index (κ3) is 2.95. The van der Waals surface area contributed by atoms with E-state index in [9.17, 15) is 14.0 Å². The lowest BCUT2D eigenvalue weighted by molar-refractivity contribution is -0.142. The normalized spacial score (nSPS) is 19.9. The number of benzene rings is 1. The maximum atomic E-state index is 12.9. The fraction of sp³-hybridized carbons (Fsp3) is 0.526. The number of amides is 1. The Balaban J connectivity index is 1.58. The average Bonchev–Trinajstić information content (AvgIpc) is 2.92. The number of carbonyl (C=O) groups is 1. The van der Waals surface area contributed by atoms with Crippen molar-refractivity contribution < 1.29 is 9.18 Å². The smallest absolute Gasteiger partial charge is 0.340 e. The molecule has 0 spiro atoms. The maximum Gasteiger partial charge on any atom is 0.346 e. The number of halogens is 1. The number of alkyl halides is 1. The van der Waals surface area contributed by atoms with Crippen LogP contribution in [0.5, 0.6) is 0 Å². The third-order valence-electron chi connectivity index (χ3n) is 5.36. The van der Waals surface area contributed by atoms with E-state index in [0.29, 0.717) is 38.3 Å². The fourth-order valence-electron chi connectivity index (χ4n) is 3.79. The summed E-state index contributed by atoms with van der Waals surface area (Å²) in [5.74, 6) is 0.546. The van der Waals surface area contributed by atoms with Crippen LogP contribution in [0.3, 0.4) is 0 Å². The van der Waals surface area contributed by atoms with E-state index in [1.54, 1.807) is 9.47 Å². The number of hydrogen-bond acceptors (Lipinski definition) is 3. The highest BCUT2D eigenvalue weighted by atomic mass is 19.1. The predicted molar refractivity (Wildman–Crippen MR) is 94.8 cm³/mol. The van der Waals surface area contributed by atoms with E-state index in [-0.39, 0.29) is 17.5 Å². The molecular formula is C19H23FN4O2. The quantitative estimate of drug-likeness (QED) is 0.836. The summed E-state index contributed by atoms with van der Waals surface area (Å²) in [5, 5.41) is 4.47. The van der Waals surface area contributed by atoms with Crippen LogP contribution in [0.2, 0.25) is 0 Å². The summed E-state index contributed by atoms with van der Waals surface area (Å²) in [7, 11) is 0. The highest BCUT2D eigenvalue weighted by Crippen LogP contribution is 2.27. The zero-order valence-corrected chi connectivity index (χ0v) is 14.9. The van der Waals surface area contributed by atoms with Crippen LogP contribution in [0.4, 0.5) is 4.39 Å². The first-order valence-corrected chi connectivity index (χ1v) is 9.15. The first kappa shape index (κ1) is 17.0. The SMILES string of the molecule is Cc1ccc(Cn2nc3n(c2=O)[C@H](C(=O)N2CC(CF)C2)CCC3)cc1. The van der Waals surface area contributed by atoms with Crippen LogP contribution in [-0.4, -0.2) is 44.9 Å². The number of carbonyl (C=O) groups excluding carboxylic acids is 1. The van der Waals surface area contributed by atoms with Crippen LogP contribution in [0, 0.1) is 12.8 Å². The highest BCUT2D eigenvalue weighted by molar-refractivity contribution is 5.81. The molecule has 1 atom stereocenters. The summed E-state index contributed by atoms with van der Waals surface area (Å²) < 4.78 is 15.7. The Labute approximate surface area is 151 Å². The minimum absolute atomic E-state index is 0.0528. The summed E-state index contributed by atoms with van der Waals surface area (Å²) in [6.07, 6.45) is 2.17. The van der Waals surface area contributed by atoms with Crippen LogP contribution in [0.25, 0.3) is 0 Å². The van der Waals surface area contributed by atoms with Gasteiger partial charge in [-0.2, -0.15) is 5.10 Å². The summed E-state index contributed by atoms with van der Waals surface area (Å²) >= 11 is 0. The molecular weight excluding hydrogens is 335 g/mol. The zero-order chi connectivity index (χ0) is 18.3. The summed E-state index contributed by atoms with van der Waals surface area (Å²) in [5.41, 5.74) is 1.93. The van der Waals surface area contributed by atoms with Gasteiger partial charge in [-0.15, -0.1) is 0 Å². The molecule has 0 saturated carbocycles. The predicted octanol–water partition coefficient (Wildman–Crippen LogP) is 1.71. The number of nitrogens with zero attached hydrogens (tertiary/aromatic N) is 4. The lowest BCUT2D eigenvalue weighted by Gasteiger charge is -2.40. The van der Waals surface area contributed by atoms with Crippen molar-refractivity contribution in [2.75, 3.05) is 19.8 Å². The molecule has 6 nitrogen and oxygen atoms in total. The molecule has 26 heavy (non-hydrogen) atoms. The fourth-order valence-corrected chi connectivity index (χ4v) is 3.79. The molecule has 138 valence electrons. The molecule has 2 aliphatic heterocycles. The molecule has 1 aromatic heterocycles. The number of aryl methyl sites for hydroxylation is 2. The molecule has 4 rings (SSSR count). The minimum atomic E-state index is -0.501. The van der Waals surface area contributed by atoms with Crippen molar-refractivity contribution in [3.63, 3.8) is 0 Å². The van der Waals surface area contributed by atoms with Gasteiger partial charge in [0.1, 0.15) is 11.9 Å². The largest absolute Gasteiger partial charge is 0.346 e. The molecule has 0 bridgehead atoms. The van der Waals surface area contributed by atoms with Crippen molar-refractivity contribution in [1.82, 2.24) is 19.2 Å². The molecule has 0 N–H and O–H groups in total. The Hall–Kier alpha value is -2.44. The Morgan fingerprint density at radius 3 is 2.69 bits per heavy atom. The standard InChI is InChI=1S/C19H23FN4O2/c1-13-5-7-14(8-6-13)12-23-19(26)24-16(3-2-4-17(24)21-23)18(25)22-10-15(9-20)11-22/h5-8,15-16H,2-4,9-12H2,1H3/t16-/m0/s1.